The first-order chi connectivity index (χ1) is 8.79. The molecule has 0 bridgehead atoms. The fraction of sp³-hybridized carbons (Fsp3) is 0.0714. The Morgan fingerprint density at radius 1 is 1.17 bits per heavy atom. The lowest BCUT2D eigenvalue weighted by molar-refractivity contribution is 0.416. The van der Waals surface area contributed by atoms with Crippen molar-refractivity contribution in [3.63, 3.8) is 0 Å². The number of hydrogen-bond acceptors (Lipinski definition) is 2. The van der Waals surface area contributed by atoms with E-state index in [9.17, 15) is 0 Å². The first-order valence-electron chi connectivity index (χ1n) is 5.55. The lowest BCUT2D eigenvalue weighted by atomic mass is 10.2. The van der Waals surface area contributed by atoms with Crippen LogP contribution >= 0.6 is 11.6 Å². The van der Waals surface area contributed by atoms with Gasteiger partial charge in [-0.25, -0.2) is 4.98 Å². The number of hydrogen-bond donors (Lipinski definition) is 0. The van der Waals surface area contributed by atoms with Gasteiger partial charge in [-0.05, 0) is 24.3 Å². The van der Waals surface area contributed by atoms with Crippen LogP contribution in [0.4, 0.5) is 0 Å². The minimum Gasteiger partial charge on any atom is -0.496 e. The molecule has 0 aliphatic rings. The monoisotopic (exact) mass is 258 g/mol. The molecule has 90 valence electrons. The van der Waals surface area contributed by atoms with Gasteiger partial charge < -0.3 is 4.74 Å². The Bertz CT molecular complexity index is 706. The molecule has 0 saturated heterocycles. The molecule has 0 radical (unpaired) electrons. The summed E-state index contributed by atoms with van der Waals surface area (Å²) in [4.78, 5) is 4.44. The molecule has 4 heteroatoms. The number of fused-ring (bicyclic) bond motifs is 1. The summed E-state index contributed by atoms with van der Waals surface area (Å²) in [6, 6.07) is 11.6. The second-order valence-corrected chi connectivity index (χ2v) is 4.36. The maximum Gasteiger partial charge on any atom is 0.148 e. The van der Waals surface area contributed by atoms with Crippen LogP contribution in [0.25, 0.3) is 16.9 Å². The van der Waals surface area contributed by atoms with Gasteiger partial charge in [0.25, 0.3) is 0 Å². The summed E-state index contributed by atoms with van der Waals surface area (Å²) in [5.41, 5.74) is 1.95. The maximum absolute atomic E-state index is 6.03. The minimum absolute atomic E-state index is 0.677. The summed E-state index contributed by atoms with van der Waals surface area (Å²) >= 11 is 6.03. The molecule has 1 aromatic carbocycles. The third-order valence-corrected chi connectivity index (χ3v) is 3.06. The highest BCUT2D eigenvalue weighted by Gasteiger charge is 2.10. The summed E-state index contributed by atoms with van der Waals surface area (Å²) in [5.74, 6) is 1.62. The molecule has 18 heavy (non-hydrogen) atoms. The van der Waals surface area contributed by atoms with E-state index in [4.69, 9.17) is 16.3 Å². The van der Waals surface area contributed by atoms with Gasteiger partial charge in [-0.2, -0.15) is 0 Å². The number of imidazole rings is 1. The van der Waals surface area contributed by atoms with E-state index < -0.39 is 0 Å². The van der Waals surface area contributed by atoms with Crippen LogP contribution in [-0.4, -0.2) is 16.5 Å². The normalized spacial score (nSPS) is 10.8. The van der Waals surface area contributed by atoms with Gasteiger partial charge in [-0.1, -0.05) is 23.7 Å². The van der Waals surface area contributed by atoms with Gasteiger partial charge >= 0.3 is 0 Å². The van der Waals surface area contributed by atoms with Gasteiger partial charge in [0.1, 0.15) is 11.6 Å². The highest BCUT2D eigenvalue weighted by molar-refractivity contribution is 6.30. The molecule has 0 fully saturated rings. The SMILES string of the molecule is COc1ccccc1-c1ncc2ccc(Cl)cn12. The molecule has 3 nitrogen and oxygen atoms in total. The van der Waals surface area contributed by atoms with E-state index in [2.05, 4.69) is 4.98 Å². The first-order valence-corrected chi connectivity index (χ1v) is 5.93. The van der Waals surface area contributed by atoms with Crippen molar-refractivity contribution in [2.24, 2.45) is 0 Å². The van der Waals surface area contributed by atoms with E-state index >= 15 is 0 Å². The molecule has 3 aromatic rings. The molecule has 0 atom stereocenters. The Balaban J connectivity index is 2.28. The highest BCUT2D eigenvalue weighted by atomic mass is 35.5. The third-order valence-electron chi connectivity index (χ3n) is 2.84. The smallest absolute Gasteiger partial charge is 0.148 e. The van der Waals surface area contributed by atoms with Crippen molar-refractivity contribution >= 4 is 17.1 Å². The molecule has 0 amide bonds. The molecule has 0 aliphatic carbocycles. The number of aromatic nitrogens is 2. The van der Waals surface area contributed by atoms with Gasteiger partial charge in [-0.3, -0.25) is 4.40 Å². The van der Waals surface area contributed by atoms with Gasteiger partial charge in [0.15, 0.2) is 0 Å². The van der Waals surface area contributed by atoms with E-state index in [-0.39, 0.29) is 0 Å². The second kappa shape index (κ2) is 4.35. The first kappa shape index (κ1) is 11.1. The van der Waals surface area contributed by atoms with Gasteiger partial charge in [0.2, 0.25) is 0 Å². The standard InChI is InChI=1S/C14H11ClN2O/c1-18-13-5-3-2-4-12(13)14-16-8-11-7-6-10(15)9-17(11)14/h2-9H,1H3. The topological polar surface area (TPSA) is 26.5 Å². The van der Waals surface area contributed by atoms with Crippen molar-refractivity contribution in [3.8, 4) is 17.1 Å². The summed E-state index contributed by atoms with van der Waals surface area (Å²) in [7, 11) is 1.65. The Hall–Kier alpha value is -2.00. The number of pyridine rings is 1. The number of halogens is 1. The second-order valence-electron chi connectivity index (χ2n) is 3.92. The van der Waals surface area contributed by atoms with Crippen LogP contribution in [0.2, 0.25) is 5.02 Å². The summed E-state index contributed by atoms with van der Waals surface area (Å²) in [6.07, 6.45) is 3.67. The minimum atomic E-state index is 0.677. The average molecular weight is 259 g/mol. The number of rotatable bonds is 2. The third kappa shape index (κ3) is 1.73. The molecule has 3 rings (SSSR count). The maximum atomic E-state index is 6.03. The Kier molecular flexibility index (Phi) is 2.68. The number of ether oxygens (including phenoxy) is 1. The van der Waals surface area contributed by atoms with E-state index in [1.54, 1.807) is 7.11 Å². The quantitative estimate of drug-likeness (QED) is 0.701. The molecular weight excluding hydrogens is 248 g/mol. The Morgan fingerprint density at radius 2 is 2.00 bits per heavy atom. The lowest BCUT2D eigenvalue weighted by Crippen LogP contribution is -1.92. The molecule has 2 aromatic heterocycles. The van der Waals surface area contributed by atoms with E-state index in [1.165, 1.54) is 0 Å². The molecule has 0 unspecified atom stereocenters. The molecule has 0 saturated carbocycles. The van der Waals surface area contributed by atoms with E-state index in [1.807, 2.05) is 53.2 Å². The van der Waals surface area contributed by atoms with Crippen LogP contribution in [0.15, 0.2) is 48.8 Å². The van der Waals surface area contributed by atoms with E-state index in [0.717, 1.165) is 22.7 Å². The van der Waals surface area contributed by atoms with Crippen LogP contribution in [0.5, 0.6) is 5.75 Å². The summed E-state index contributed by atoms with van der Waals surface area (Å²) in [6.45, 7) is 0. The van der Waals surface area contributed by atoms with Gasteiger partial charge in [0, 0.05) is 6.20 Å². The van der Waals surface area contributed by atoms with Crippen molar-refractivity contribution < 1.29 is 4.74 Å². The van der Waals surface area contributed by atoms with Crippen molar-refractivity contribution in [3.05, 3.63) is 53.8 Å². The molecule has 0 aliphatic heterocycles. The molecular formula is C14H11ClN2O. The van der Waals surface area contributed by atoms with Gasteiger partial charge in [0.05, 0.1) is 29.4 Å². The zero-order chi connectivity index (χ0) is 12.5. The van der Waals surface area contributed by atoms with Crippen LogP contribution in [0, 0.1) is 0 Å². The number of methoxy groups -OCH3 is 1. The zero-order valence-corrected chi connectivity index (χ0v) is 10.6. The van der Waals surface area contributed by atoms with Crippen molar-refractivity contribution in [2.75, 3.05) is 7.11 Å². The molecule has 0 N–H and O–H groups in total. The van der Waals surface area contributed by atoms with Crippen molar-refractivity contribution in [2.45, 2.75) is 0 Å². The lowest BCUT2D eigenvalue weighted by Gasteiger charge is -2.07. The predicted octanol–water partition coefficient (Wildman–Crippen LogP) is 3.66. The number of benzene rings is 1. The van der Waals surface area contributed by atoms with Crippen molar-refractivity contribution in [1.29, 1.82) is 0 Å². The molecule has 2 heterocycles. The van der Waals surface area contributed by atoms with Crippen LogP contribution < -0.4 is 4.74 Å². The average Bonchev–Trinajstić information content (AvgIpc) is 2.81. The molecule has 0 spiro atoms. The Morgan fingerprint density at radius 3 is 2.83 bits per heavy atom. The van der Waals surface area contributed by atoms with Gasteiger partial charge in [-0.15, -0.1) is 0 Å². The summed E-state index contributed by atoms with van der Waals surface area (Å²) in [5, 5.41) is 0.677. The Labute approximate surface area is 110 Å². The van der Waals surface area contributed by atoms with Crippen LogP contribution in [0.1, 0.15) is 0 Å². The predicted molar refractivity (Wildman–Crippen MR) is 72.2 cm³/mol. The van der Waals surface area contributed by atoms with Crippen LogP contribution in [-0.2, 0) is 0 Å². The van der Waals surface area contributed by atoms with Crippen LogP contribution in [0.3, 0.4) is 0 Å². The largest absolute Gasteiger partial charge is 0.496 e. The highest BCUT2D eigenvalue weighted by Crippen LogP contribution is 2.29. The fourth-order valence-corrected chi connectivity index (χ4v) is 2.15. The number of nitrogens with zero attached hydrogens (tertiary/aromatic N) is 2. The number of para-hydroxylation sites is 1. The van der Waals surface area contributed by atoms with E-state index in [0.29, 0.717) is 5.02 Å². The zero-order valence-electron chi connectivity index (χ0n) is 9.80. The summed E-state index contributed by atoms with van der Waals surface area (Å²) < 4.78 is 7.32. The van der Waals surface area contributed by atoms with Crippen molar-refractivity contribution in [1.82, 2.24) is 9.38 Å². The fourth-order valence-electron chi connectivity index (χ4n) is 1.99.